The fourth-order valence-corrected chi connectivity index (χ4v) is 4.88. The van der Waals surface area contributed by atoms with E-state index < -0.39 is 17.7 Å². The predicted molar refractivity (Wildman–Crippen MR) is 130 cm³/mol. The van der Waals surface area contributed by atoms with Gasteiger partial charge in [-0.05, 0) is 58.4 Å². The van der Waals surface area contributed by atoms with E-state index in [2.05, 4.69) is 37.2 Å². The van der Waals surface area contributed by atoms with Gasteiger partial charge in [-0.2, -0.15) is 0 Å². The summed E-state index contributed by atoms with van der Waals surface area (Å²) in [6.45, 7) is 0. The fourth-order valence-electron chi connectivity index (χ4n) is 3.46. The molecule has 0 atom stereocenters. The van der Waals surface area contributed by atoms with Crippen LogP contribution in [0.25, 0.3) is 6.08 Å². The maximum Gasteiger partial charge on any atom is 0.268 e. The second-order valence-corrected chi connectivity index (χ2v) is 8.61. The van der Waals surface area contributed by atoms with E-state index in [0.717, 1.165) is 13.8 Å². The molecule has 3 aromatic rings. The van der Waals surface area contributed by atoms with Crippen molar-refractivity contribution in [2.24, 2.45) is 0 Å². The first-order valence-corrected chi connectivity index (χ1v) is 11.1. The number of hydrogen-bond acceptors (Lipinski definition) is 4. The summed E-state index contributed by atoms with van der Waals surface area (Å²) in [4.78, 5) is 39.6. The summed E-state index contributed by atoms with van der Waals surface area (Å²) in [6, 6.07) is 17.1. The minimum Gasteiger partial charge on any atom is -0.495 e. The molecule has 1 N–H and O–H groups in total. The zero-order valence-electron chi connectivity index (χ0n) is 16.8. The molecule has 1 heterocycles. The van der Waals surface area contributed by atoms with Gasteiger partial charge in [0.05, 0.1) is 34.1 Å². The largest absolute Gasteiger partial charge is 0.495 e. The number of para-hydroxylation sites is 1. The van der Waals surface area contributed by atoms with Crippen LogP contribution in [0, 0.1) is 0 Å². The maximum atomic E-state index is 13.1. The molecule has 32 heavy (non-hydrogen) atoms. The van der Waals surface area contributed by atoms with Crippen LogP contribution >= 0.6 is 31.9 Å². The summed E-state index contributed by atoms with van der Waals surface area (Å²) in [5, 5.41) is 2.71. The highest BCUT2D eigenvalue weighted by Gasteiger charge is 2.38. The molecule has 0 radical (unpaired) electrons. The summed E-state index contributed by atoms with van der Waals surface area (Å²) in [5.41, 5.74) is 1.85. The molecular weight excluding hydrogens is 540 g/mol. The maximum absolute atomic E-state index is 13.1. The molecule has 4 rings (SSSR count). The van der Waals surface area contributed by atoms with Crippen molar-refractivity contribution in [2.45, 2.75) is 0 Å². The first kappa shape index (κ1) is 22.0. The number of ether oxygens (including phenoxy) is 1. The lowest BCUT2D eigenvalue weighted by molar-refractivity contribution is -0.111. The van der Waals surface area contributed by atoms with Gasteiger partial charge in [0.2, 0.25) is 5.91 Å². The summed E-state index contributed by atoms with van der Waals surface area (Å²) in [7, 11) is 1.54. The van der Waals surface area contributed by atoms with Crippen LogP contribution in [0.5, 0.6) is 5.75 Å². The van der Waals surface area contributed by atoms with Crippen molar-refractivity contribution in [1.82, 2.24) is 0 Å². The number of halogens is 2. The molecule has 8 heteroatoms. The van der Waals surface area contributed by atoms with E-state index in [4.69, 9.17) is 4.74 Å². The van der Waals surface area contributed by atoms with Crippen LogP contribution in [0.3, 0.4) is 0 Å². The van der Waals surface area contributed by atoms with Gasteiger partial charge < -0.3 is 10.1 Å². The third-order valence-corrected chi connectivity index (χ3v) is 5.89. The molecule has 6 nitrogen and oxygen atoms in total. The monoisotopic (exact) mass is 554 g/mol. The van der Waals surface area contributed by atoms with Crippen LogP contribution in [-0.4, -0.2) is 24.8 Å². The quantitative estimate of drug-likeness (QED) is 0.325. The second-order valence-electron chi connectivity index (χ2n) is 6.84. The third kappa shape index (κ3) is 4.11. The molecule has 0 fully saturated rings. The first-order valence-electron chi connectivity index (χ1n) is 9.49. The van der Waals surface area contributed by atoms with Gasteiger partial charge in [-0.1, -0.05) is 40.2 Å². The molecule has 0 bridgehead atoms. The average molecular weight is 556 g/mol. The summed E-state index contributed by atoms with van der Waals surface area (Å²) in [5.74, 6) is -0.771. The second kappa shape index (κ2) is 9.10. The Balaban J connectivity index is 1.61. The van der Waals surface area contributed by atoms with Crippen molar-refractivity contribution < 1.29 is 19.1 Å². The number of imide groups is 1. The number of hydrogen-bond donors (Lipinski definition) is 1. The Morgan fingerprint density at radius 2 is 1.75 bits per heavy atom. The highest BCUT2D eigenvalue weighted by atomic mass is 79.9. The van der Waals surface area contributed by atoms with Gasteiger partial charge in [0.25, 0.3) is 11.8 Å². The Bertz CT molecular complexity index is 1270. The Labute approximate surface area is 201 Å². The van der Waals surface area contributed by atoms with Gasteiger partial charge in [-0.15, -0.1) is 0 Å². The SMILES string of the molecule is COc1c(Br)cc(Br)cc1/C=C/C(=O)Nc1cccc2c1C(=O)N(c1ccccc1)C2=O. The Hall–Kier alpha value is -3.23. The first-order chi connectivity index (χ1) is 15.4. The summed E-state index contributed by atoms with van der Waals surface area (Å²) in [6.07, 6.45) is 2.95. The molecule has 160 valence electrons. The van der Waals surface area contributed by atoms with E-state index >= 15 is 0 Å². The average Bonchev–Trinajstić information content (AvgIpc) is 3.03. The molecule has 0 saturated heterocycles. The van der Waals surface area contributed by atoms with Crippen molar-refractivity contribution in [2.75, 3.05) is 17.3 Å². The Morgan fingerprint density at radius 1 is 1.00 bits per heavy atom. The van der Waals surface area contributed by atoms with Gasteiger partial charge in [0.15, 0.2) is 0 Å². The van der Waals surface area contributed by atoms with Crippen molar-refractivity contribution in [3.8, 4) is 5.75 Å². The van der Waals surface area contributed by atoms with Crippen LogP contribution in [-0.2, 0) is 4.79 Å². The van der Waals surface area contributed by atoms with Gasteiger partial charge in [-0.3, -0.25) is 14.4 Å². The zero-order chi connectivity index (χ0) is 22.8. The lowest BCUT2D eigenvalue weighted by atomic mass is 10.1. The molecule has 3 amide bonds. The molecular formula is C24H16Br2N2O4. The van der Waals surface area contributed by atoms with Gasteiger partial charge in [0, 0.05) is 16.1 Å². The number of benzene rings is 3. The van der Waals surface area contributed by atoms with Crippen LogP contribution in [0.1, 0.15) is 26.3 Å². The van der Waals surface area contributed by atoms with E-state index in [1.54, 1.807) is 61.7 Å². The summed E-state index contributed by atoms with van der Waals surface area (Å²) >= 11 is 6.84. The van der Waals surface area contributed by atoms with E-state index in [-0.39, 0.29) is 16.8 Å². The standard InChI is InChI=1S/C24H16Br2N2O4/c1-32-22-14(12-15(25)13-18(22)26)10-11-20(29)27-19-9-5-8-17-21(19)24(31)28(23(17)30)16-6-3-2-4-7-16/h2-13H,1H3,(H,27,29)/b11-10+. The highest BCUT2D eigenvalue weighted by molar-refractivity contribution is 9.11. The van der Waals surface area contributed by atoms with Gasteiger partial charge >= 0.3 is 0 Å². The molecule has 0 unspecified atom stereocenters. The molecule has 0 saturated carbocycles. The number of nitrogens with one attached hydrogen (secondary N) is 1. The lowest BCUT2D eigenvalue weighted by Gasteiger charge is -2.13. The van der Waals surface area contributed by atoms with Crippen LogP contribution in [0.2, 0.25) is 0 Å². The van der Waals surface area contributed by atoms with Crippen LogP contribution < -0.4 is 15.0 Å². The molecule has 3 aromatic carbocycles. The predicted octanol–water partition coefficient (Wildman–Crippen LogP) is 5.67. The van der Waals surface area contributed by atoms with Crippen molar-refractivity contribution in [3.63, 3.8) is 0 Å². The van der Waals surface area contributed by atoms with E-state index in [0.29, 0.717) is 17.0 Å². The van der Waals surface area contributed by atoms with Crippen LogP contribution in [0.4, 0.5) is 11.4 Å². The van der Waals surface area contributed by atoms with Crippen molar-refractivity contribution in [3.05, 3.63) is 92.4 Å². The molecule has 1 aliphatic rings. The minimum absolute atomic E-state index is 0.172. The minimum atomic E-state index is -0.478. The molecule has 0 spiro atoms. The van der Waals surface area contributed by atoms with Crippen molar-refractivity contribution >= 4 is 67.0 Å². The normalized spacial score (nSPS) is 12.9. The highest BCUT2D eigenvalue weighted by Crippen LogP contribution is 2.34. The number of rotatable bonds is 5. The van der Waals surface area contributed by atoms with E-state index in [9.17, 15) is 14.4 Å². The lowest BCUT2D eigenvalue weighted by Crippen LogP contribution is -2.29. The number of amides is 3. The topological polar surface area (TPSA) is 75.7 Å². The number of nitrogens with zero attached hydrogens (tertiary/aromatic N) is 1. The van der Waals surface area contributed by atoms with Gasteiger partial charge in [-0.25, -0.2) is 4.90 Å². The molecule has 0 aliphatic carbocycles. The van der Waals surface area contributed by atoms with E-state index in [1.807, 2.05) is 12.1 Å². The number of methoxy groups -OCH3 is 1. The fraction of sp³-hybridized carbons (Fsp3) is 0.0417. The number of anilines is 2. The molecule has 1 aliphatic heterocycles. The van der Waals surface area contributed by atoms with E-state index in [1.165, 1.54) is 6.08 Å². The zero-order valence-corrected chi connectivity index (χ0v) is 19.9. The number of carbonyl (C=O) groups is 3. The van der Waals surface area contributed by atoms with Crippen molar-refractivity contribution in [1.29, 1.82) is 0 Å². The van der Waals surface area contributed by atoms with Crippen LogP contribution in [0.15, 0.2) is 75.7 Å². The Kier molecular flexibility index (Phi) is 6.25. The smallest absolute Gasteiger partial charge is 0.268 e. The number of carbonyl (C=O) groups excluding carboxylic acids is 3. The molecule has 0 aromatic heterocycles. The Morgan fingerprint density at radius 3 is 2.47 bits per heavy atom. The van der Waals surface area contributed by atoms with Gasteiger partial charge in [0.1, 0.15) is 5.75 Å². The third-order valence-electron chi connectivity index (χ3n) is 4.84. The summed E-state index contributed by atoms with van der Waals surface area (Å²) < 4.78 is 6.94. The number of fused-ring (bicyclic) bond motifs is 1.